The van der Waals surface area contributed by atoms with Crippen LogP contribution in [0.3, 0.4) is 0 Å². The van der Waals surface area contributed by atoms with E-state index in [1.54, 1.807) is 6.08 Å². The summed E-state index contributed by atoms with van der Waals surface area (Å²) in [4.78, 5) is 11.1. The SMILES string of the molecule is CCC(=O)/C=C(/C)Nc1ccccc1. The number of allylic oxidation sites excluding steroid dienone is 2. The van der Waals surface area contributed by atoms with Crippen LogP contribution in [0.5, 0.6) is 0 Å². The molecule has 0 heterocycles. The van der Waals surface area contributed by atoms with Gasteiger partial charge in [0.25, 0.3) is 0 Å². The second-order valence-electron chi connectivity index (χ2n) is 3.14. The molecule has 2 heteroatoms. The Morgan fingerprint density at radius 2 is 2.00 bits per heavy atom. The van der Waals surface area contributed by atoms with E-state index in [9.17, 15) is 4.79 Å². The van der Waals surface area contributed by atoms with Crippen molar-refractivity contribution in [1.82, 2.24) is 0 Å². The predicted molar refractivity (Wildman–Crippen MR) is 59.1 cm³/mol. The lowest BCUT2D eigenvalue weighted by Crippen LogP contribution is -1.99. The summed E-state index contributed by atoms with van der Waals surface area (Å²) in [5.41, 5.74) is 1.88. The van der Waals surface area contributed by atoms with E-state index in [4.69, 9.17) is 0 Å². The highest BCUT2D eigenvalue weighted by atomic mass is 16.1. The van der Waals surface area contributed by atoms with Crippen molar-refractivity contribution in [2.45, 2.75) is 20.3 Å². The van der Waals surface area contributed by atoms with Gasteiger partial charge in [-0.05, 0) is 19.1 Å². The maximum atomic E-state index is 11.1. The van der Waals surface area contributed by atoms with Gasteiger partial charge in [-0.1, -0.05) is 25.1 Å². The first kappa shape index (κ1) is 10.5. The summed E-state index contributed by atoms with van der Waals surface area (Å²) in [6, 6.07) is 9.80. The van der Waals surface area contributed by atoms with E-state index >= 15 is 0 Å². The van der Waals surface area contributed by atoms with Crippen LogP contribution in [0.2, 0.25) is 0 Å². The minimum atomic E-state index is 0.144. The maximum Gasteiger partial charge on any atom is 0.157 e. The summed E-state index contributed by atoms with van der Waals surface area (Å²) in [7, 11) is 0. The minimum Gasteiger partial charge on any atom is -0.359 e. The van der Waals surface area contributed by atoms with Gasteiger partial charge in [-0.3, -0.25) is 4.79 Å². The van der Waals surface area contributed by atoms with Gasteiger partial charge in [0, 0.05) is 23.9 Å². The number of para-hydroxylation sites is 1. The molecular weight excluding hydrogens is 174 g/mol. The van der Waals surface area contributed by atoms with Crippen LogP contribution in [-0.4, -0.2) is 5.78 Å². The first-order valence-corrected chi connectivity index (χ1v) is 4.75. The minimum absolute atomic E-state index is 0.144. The standard InChI is InChI=1S/C12H15NO/c1-3-12(14)9-10(2)13-11-7-5-4-6-8-11/h4-9,13H,3H2,1-2H3/b10-9-. The van der Waals surface area contributed by atoms with Gasteiger partial charge in [0.15, 0.2) is 5.78 Å². The Morgan fingerprint density at radius 1 is 1.36 bits per heavy atom. The number of carbonyl (C=O) groups excluding carboxylic acids is 1. The molecule has 0 fully saturated rings. The summed E-state index contributed by atoms with van der Waals surface area (Å²) in [5, 5.41) is 3.15. The molecule has 0 unspecified atom stereocenters. The molecular formula is C12H15NO. The van der Waals surface area contributed by atoms with Crippen molar-refractivity contribution in [3.63, 3.8) is 0 Å². The maximum absolute atomic E-state index is 11.1. The Labute approximate surface area is 84.6 Å². The number of nitrogens with one attached hydrogen (secondary N) is 1. The van der Waals surface area contributed by atoms with Crippen LogP contribution in [0.4, 0.5) is 5.69 Å². The van der Waals surface area contributed by atoms with Crippen LogP contribution in [0, 0.1) is 0 Å². The fourth-order valence-electron chi connectivity index (χ4n) is 1.13. The van der Waals surface area contributed by atoms with Crippen molar-refractivity contribution in [1.29, 1.82) is 0 Å². The predicted octanol–water partition coefficient (Wildman–Crippen LogP) is 2.98. The molecule has 1 N–H and O–H groups in total. The van der Waals surface area contributed by atoms with Crippen molar-refractivity contribution >= 4 is 11.5 Å². The molecule has 1 aromatic rings. The van der Waals surface area contributed by atoms with Crippen LogP contribution >= 0.6 is 0 Å². The molecule has 0 radical (unpaired) electrons. The van der Waals surface area contributed by atoms with E-state index in [1.165, 1.54) is 0 Å². The number of ketones is 1. The molecule has 0 aromatic heterocycles. The number of rotatable bonds is 4. The Balaban J connectivity index is 2.61. The van der Waals surface area contributed by atoms with Gasteiger partial charge in [-0.15, -0.1) is 0 Å². The molecule has 1 aromatic carbocycles. The second-order valence-corrected chi connectivity index (χ2v) is 3.14. The molecule has 2 nitrogen and oxygen atoms in total. The van der Waals surface area contributed by atoms with Gasteiger partial charge in [0.2, 0.25) is 0 Å². The monoisotopic (exact) mass is 189 g/mol. The summed E-state index contributed by atoms with van der Waals surface area (Å²) in [6.45, 7) is 3.75. The molecule has 0 saturated heterocycles. The lowest BCUT2D eigenvalue weighted by molar-refractivity contribution is -0.114. The van der Waals surface area contributed by atoms with Crippen LogP contribution in [0.1, 0.15) is 20.3 Å². The van der Waals surface area contributed by atoms with Gasteiger partial charge in [-0.2, -0.15) is 0 Å². The van der Waals surface area contributed by atoms with Gasteiger partial charge in [-0.25, -0.2) is 0 Å². The Kier molecular flexibility index (Phi) is 3.92. The lowest BCUT2D eigenvalue weighted by Gasteiger charge is -2.05. The fraction of sp³-hybridized carbons (Fsp3) is 0.250. The molecule has 1 rings (SSSR count). The third kappa shape index (κ3) is 3.44. The Bertz CT molecular complexity index is 327. The molecule has 0 amide bonds. The number of hydrogen-bond acceptors (Lipinski definition) is 2. The zero-order valence-electron chi connectivity index (χ0n) is 8.58. The van der Waals surface area contributed by atoms with Crippen LogP contribution in [-0.2, 0) is 4.79 Å². The molecule has 0 bridgehead atoms. The van der Waals surface area contributed by atoms with Crippen molar-refractivity contribution in [2.24, 2.45) is 0 Å². The zero-order valence-corrected chi connectivity index (χ0v) is 8.58. The summed E-state index contributed by atoms with van der Waals surface area (Å²) >= 11 is 0. The van der Waals surface area contributed by atoms with Crippen molar-refractivity contribution in [3.8, 4) is 0 Å². The molecule has 0 atom stereocenters. The highest BCUT2D eigenvalue weighted by Crippen LogP contribution is 2.08. The Hall–Kier alpha value is -1.57. The number of hydrogen-bond donors (Lipinski definition) is 1. The first-order chi connectivity index (χ1) is 6.72. The second kappa shape index (κ2) is 5.22. The van der Waals surface area contributed by atoms with E-state index in [1.807, 2.05) is 44.2 Å². The largest absolute Gasteiger partial charge is 0.359 e. The lowest BCUT2D eigenvalue weighted by atomic mass is 10.2. The number of carbonyl (C=O) groups is 1. The van der Waals surface area contributed by atoms with Crippen molar-refractivity contribution in [2.75, 3.05) is 5.32 Å². The molecule has 0 aliphatic heterocycles. The summed E-state index contributed by atoms with van der Waals surface area (Å²) < 4.78 is 0. The zero-order chi connectivity index (χ0) is 10.4. The van der Waals surface area contributed by atoms with Crippen LogP contribution in [0.25, 0.3) is 0 Å². The van der Waals surface area contributed by atoms with E-state index in [0.717, 1.165) is 11.4 Å². The molecule has 0 saturated carbocycles. The van der Waals surface area contributed by atoms with E-state index in [-0.39, 0.29) is 5.78 Å². The molecule has 14 heavy (non-hydrogen) atoms. The molecule has 0 spiro atoms. The number of anilines is 1. The van der Waals surface area contributed by atoms with Gasteiger partial charge in [0.1, 0.15) is 0 Å². The number of benzene rings is 1. The fourth-order valence-corrected chi connectivity index (χ4v) is 1.13. The third-order valence-corrected chi connectivity index (χ3v) is 1.84. The summed E-state index contributed by atoms with van der Waals surface area (Å²) in [5.74, 6) is 0.144. The van der Waals surface area contributed by atoms with Gasteiger partial charge >= 0.3 is 0 Å². The van der Waals surface area contributed by atoms with E-state index < -0.39 is 0 Å². The molecule has 74 valence electrons. The van der Waals surface area contributed by atoms with Crippen LogP contribution < -0.4 is 5.32 Å². The topological polar surface area (TPSA) is 29.1 Å². The van der Waals surface area contributed by atoms with E-state index in [0.29, 0.717) is 6.42 Å². The molecule has 0 aliphatic carbocycles. The smallest absolute Gasteiger partial charge is 0.157 e. The van der Waals surface area contributed by atoms with Crippen LogP contribution in [0.15, 0.2) is 42.1 Å². The van der Waals surface area contributed by atoms with E-state index in [2.05, 4.69) is 5.32 Å². The summed E-state index contributed by atoms with van der Waals surface area (Å²) in [6.07, 6.45) is 2.18. The van der Waals surface area contributed by atoms with Crippen molar-refractivity contribution < 1.29 is 4.79 Å². The Morgan fingerprint density at radius 3 is 2.57 bits per heavy atom. The average molecular weight is 189 g/mol. The molecule has 0 aliphatic rings. The van der Waals surface area contributed by atoms with Gasteiger partial charge < -0.3 is 5.32 Å². The van der Waals surface area contributed by atoms with Gasteiger partial charge in [0.05, 0.1) is 0 Å². The highest BCUT2D eigenvalue weighted by molar-refractivity contribution is 5.90. The highest BCUT2D eigenvalue weighted by Gasteiger charge is 1.95. The quantitative estimate of drug-likeness (QED) is 0.738. The third-order valence-electron chi connectivity index (χ3n) is 1.84. The average Bonchev–Trinajstić information content (AvgIpc) is 2.19. The normalized spacial score (nSPS) is 11.1. The first-order valence-electron chi connectivity index (χ1n) is 4.75. The van der Waals surface area contributed by atoms with Crippen molar-refractivity contribution in [3.05, 3.63) is 42.1 Å².